The van der Waals surface area contributed by atoms with Crippen LogP contribution in [0.15, 0.2) is 59.6 Å². The van der Waals surface area contributed by atoms with Crippen LogP contribution in [0.4, 0.5) is 0 Å². The molecule has 3 rings (SSSR count). The first-order valence-electron chi connectivity index (χ1n) is 10.5. The van der Waals surface area contributed by atoms with Crippen molar-refractivity contribution < 1.29 is 9.53 Å². The lowest BCUT2D eigenvalue weighted by molar-refractivity contribution is -0.136. The van der Waals surface area contributed by atoms with Gasteiger partial charge in [0.25, 0.3) is 0 Å². The monoisotopic (exact) mass is 408 g/mol. The van der Waals surface area contributed by atoms with E-state index in [1.165, 1.54) is 11.1 Å². The standard InChI is InChI=1S/C24H32N4O2/c1-19-9-11-20(12-10-19)18-27(3)24(25-2)26-17-22(21-7-5-4-6-8-21)23(29)28-13-15-30-16-14-28/h4-12,22H,13-18H2,1-3H3,(H,25,26). The Bertz CT molecular complexity index is 830. The molecule has 1 amide bonds. The number of ether oxygens (including phenoxy) is 1. The maximum atomic E-state index is 13.3. The molecule has 0 spiro atoms. The third kappa shape index (κ3) is 5.83. The van der Waals surface area contributed by atoms with Crippen LogP contribution in [0, 0.1) is 6.92 Å². The highest BCUT2D eigenvalue weighted by Crippen LogP contribution is 2.19. The Hall–Kier alpha value is -2.86. The number of carbonyl (C=O) groups excluding carboxylic acids is 1. The van der Waals surface area contributed by atoms with Gasteiger partial charge in [0.1, 0.15) is 0 Å². The molecule has 6 nitrogen and oxygen atoms in total. The summed E-state index contributed by atoms with van der Waals surface area (Å²) in [6.07, 6.45) is 0. The van der Waals surface area contributed by atoms with Gasteiger partial charge in [0.05, 0.1) is 19.1 Å². The second kappa shape index (κ2) is 10.8. The number of carbonyl (C=O) groups is 1. The van der Waals surface area contributed by atoms with E-state index < -0.39 is 0 Å². The van der Waals surface area contributed by atoms with Crippen LogP contribution in [0.25, 0.3) is 0 Å². The van der Waals surface area contributed by atoms with Crippen molar-refractivity contribution in [2.24, 2.45) is 4.99 Å². The van der Waals surface area contributed by atoms with Gasteiger partial charge in [0, 0.05) is 40.3 Å². The highest BCUT2D eigenvalue weighted by molar-refractivity contribution is 5.86. The fraction of sp³-hybridized carbons (Fsp3) is 0.417. The average molecular weight is 409 g/mol. The highest BCUT2D eigenvalue weighted by Gasteiger charge is 2.27. The lowest BCUT2D eigenvalue weighted by Gasteiger charge is -2.31. The Labute approximate surface area is 179 Å². The summed E-state index contributed by atoms with van der Waals surface area (Å²) in [4.78, 5) is 21.7. The van der Waals surface area contributed by atoms with E-state index in [0.29, 0.717) is 32.8 Å². The Morgan fingerprint density at radius 3 is 2.43 bits per heavy atom. The molecule has 1 saturated heterocycles. The number of hydrogen-bond donors (Lipinski definition) is 1. The van der Waals surface area contributed by atoms with Gasteiger partial charge in [-0.3, -0.25) is 9.79 Å². The SMILES string of the molecule is CN=C(NCC(C(=O)N1CCOCC1)c1ccccc1)N(C)Cc1ccc(C)cc1. The number of aliphatic imine (C=N–C) groups is 1. The van der Waals surface area contributed by atoms with Crippen molar-refractivity contribution in [1.29, 1.82) is 0 Å². The molecule has 2 aromatic rings. The van der Waals surface area contributed by atoms with Crippen molar-refractivity contribution in [1.82, 2.24) is 15.1 Å². The molecule has 1 unspecified atom stereocenters. The van der Waals surface area contributed by atoms with Crippen LogP contribution in [0.1, 0.15) is 22.6 Å². The minimum Gasteiger partial charge on any atom is -0.378 e. The third-order valence-electron chi connectivity index (χ3n) is 5.40. The van der Waals surface area contributed by atoms with Gasteiger partial charge in [-0.05, 0) is 18.1 Å². The lowest BCUT2D eigenvalue weighted by atomic mass is 9.97. The molecule has 0 aliphatic carbocycles. The molecule has 1 aliphatic heterocycles. The number of morpholine rings is 1. The molecule has 1 N–H and O–H groups in total. The van der Waals surface area contributed by atoms with Gasteiger partial charge >= 0.3 is 0 Å². The molecule has 6 heteroatoms. The van der Waals surface area contributed by atoms with Crippen LogP contribution in [-0.2, 0) is 16.1 Å². The molecule has 1 fully saturated rings. The fourth-order valence-electron chi connectivity index (χ4n) is 3.66. The van der Waals surface area contributed by atoms with Crippen LogP contribution in [0.3, 0.4) is 0 Å². The van der Waals surface area contributed by atoms with Gasteiger partial charge in [-0.1, -0.05) is 60.2 Å². The second-order valence-electron chi connectivity index (χ2n) is 7.67. The Balaban J connectivity index is 1.68. The van der Waals surface area contributed by atoms with Crippen LogP contribution in [0.2, 0.25) is 0 Å². The largest absolute Gasteiger partial charge is 0.378 e. The normalized spacial score (nSPS) is 15.6. The molecular weight excluding hydrogens is 376 g/mol. The number of benzene rings is 2. The summed E-state index contributed by atoms with van der Waals surface area (Å²) in [5, 5.41) is 3.42. The van der Waals surface area contributed by atoms with E-state index in [1.54, 1.807) is 7.05 Å². The van der Waals surface area contributed by atoms with Gasteiger partial charge in [-0.15, -0.1) is 0 Å². The average Bonchev–Trinajstić information content (AvgIpc) is 2.79. The third-order valence-corrected chi connectivity index (χ3v) is 5.40. The van der Waals surface area contributed by atoms with Gasteiger partial charge < -0.3 is 19.9 Å². The van der Waals surface area contributed by atoms with Crippen molar-refractivity contribution in [2.75, 3.05) is 46.9 Å². The summed E-state index contributed by atoms with van der Waals surface area (Å²) in [6.45, 7) is 5.80. The molecule has 0 saturated carbocycles. The molecule has 1 heterocycles. The summed E-state index contributed by atoms with van der Waals surface area (Å²) < 4.78 is 5.41. The Morgan fingerprint density at radius 1 is 1.13 bits per heavy atom. The molecule has 1 atom stereocenters. The van der Waals surface area contributed by atoms with E-state index in [2.05, 4.69) is 46.4 Å². The number of nitrogens with zero attached hydrogens (tertiary/aromatic N) is 3. The first-order chi connectivity index (χ1) is 14.6. The summed E-state index contributed by atoms with van der Waals surface area (Å²) in [6, 6.07) is 18.5. The second-order valence-corrected chi connectivity index (χ2v) is 7.67. The molecule has 160 valence electrons. The molecule has 2 aromatic carbocycles. The Kier molecular flexibility index (Phi) is 7.85. The van der Waals surface area contributed by atoms with Crippen molar-refractivity contribution >= 4 is 11.9 Å². The predicted octanol–water partition coefficient (Wildman–Crippen LogP) is 2.64. The summed E-state index contributed by atoms with van der Waals surface area (Å²) in [5.74, 6) is 0.633. The van der Waals surface area contributed by atoms with Crippen molar-refractivity contribution in [3.05, 3.63) is 71.3 Å². The maximum absolute atomic E-state index is 13.3. The maximum Gasteiger partial charge on any atom is 0.232 e. The number of hydrogen-bond acceptors (Lipinski definition) is 3. The van der Waals surface area contributed by atoms with E-state index in [1.807, 2.05) is 42.3 Å². The van der Waals surface area contributed by atoms with Crippen molar-refractivity contribution in [3.63, 3.8) is 0 Å². The number of guanidine groups is 1. The van der Waals surface area contributed by atoms with Gasteiger partial charge in [0.2, 0.25) is 5.91 Å². The number of amides is 1. The zero-order valence-electron chi connectivity index (χ0n) is 18.2. The van der Waals surface area contributed by atoms with Gasteiger partial charge in [-0.25, -0.2) is 0 Å². The molecular formula is C24H32N4O2. The van der Waals surface area contributed by atoms with E-state index >= 15 is 0 Å². The van der Waals surface area contributed by atoms with E-state index in [0.717, 1.165) is 18.1 Å². The van der Waals surface area contributed by atoms with Gasteiger partial charge in [0.15, 0.2) is 5.96 Å². The van der Waals surface area contributed by atoms with Crippen LogP contribution >= 0.6 is 0 Å². The Morgan fingerprint density at radius 2 is 1.80 bits per heavy atom. The minimum absolute atomic E-state index is 0.133. The quantitative estimate of drug-likeness (QED) is 0.590. The number of nitrogens with one attached hydrogen (secondary N) is 1. The summed E-state index contributed by atoms with van der Waals surface area (Å²) in [5.41, 5.74) is 3.48. The lowest BCUT2D eigenvalue weighted by Crippen LogP contribution is -2.47. The first-order valence-corrected chi connectivity index (χ1v) is 10.5. The van der Waals surface area contributed by atoms with Crippen molar-refractivity contribution in [2.45, 2.75) is 19.4 Å². The molecule has 1 aliphatic rings. The zero-order valence-corrected chi connectivity index (χ0v) is 18.2. The number of rotatable bonds is 6. The molecule has 0 aromatic heterocycles. The van der Waals surface area contributed by atoms with Crippen LogP contribution < -0.4 is 5.32 Å². The topological polar surface area (TPSA) is 57.2 Å². The van der Waals surface area contributed by atoms with E-state index in [9.17, 15) is 4.79 Å². The minimum atomic E-state index is -0.270. The predicted molar refractivity (Wildman–Crippen MR) is 121 cm³/mol. The molecule has 30 heavy (non-hydrogen) atoms. The zero-order chi connectivity index (χ0) is 21.3. The van der Waals surface area contributed by atoms with E-state index in [4.69, 9.17) is 4.74 Å². The smallest absolute Gasteiger partial charge is 0.232 e. The van der Waals surface area contributed by atoms with Gasteiger partial charge in [-0.2, -0.15) is 0 Å². The summed E-state index contributed by atoms with van der Waals surface area (Å²) in [7, 11) is 3.78. The summed E-state index contributed by atoms with van der Waals surface area (Å²) >= 11 is 0. The van der Waals surface area contributed by atoms with Crippen LogP contribution in [-0.4, -0.2) is 68.6 Å². The molecule has 0 radical (unpaired) electrons. The highest BCUT2D eigenvalue weighted by atomic mass is 16.5. The fourth-order valence-corrected chi connectivity index (χ4v) is 3.66. The van der Waals surface area contributed by atoms with Crippen molar-refractivity contribution in [3.8, 4) is 0 Å². The van der Waals surface area contributed by atoms with E-state index in [-0.39, 0.29) is 11.8 Å². The van der Waals surface area contributed by atoms with Crippen LogP contribution in [0.5, 0.6) is 0 Å². The molecule has 0 bridgehead atoms. The first kappa shape index (κ1) is 21.8. The number of aryl methyl sites for hydroxylation is 1.